The second kappa shape index (κ2) is 7.62. The van der Waals surface area contributed by atoms with Crippen LogP contribution in [-0.2, 0) is 0 Å². The van der Waals surface area contributed by atoms with Crippen LogP contribution < -0.4 is 10.6 Å². The van der Waals surface area contributed by atoms with Crippen LogP contribution in [0.3, 0.4) is 0 Å². The number of ketones is 1. The normalized spacial score (nSPS) is 20.1. The summed E-state index contributed by atoms with van der Waals surface area (Å²) in [6.45, 7) is 5.00. The van der Waals surface area contributed by atoms with Gasteiger partial charge in [-0.05, 0) is 39.3 Å². The molecule has 1 heterocycles. The van der Waals surface area contributed by atoms with Gasteiger partial charge in [0.15, 0.2) is 5.78 Å². The summed E-state index contributed by atoms with van der Waals surface area (Å²) in [5.41, 5.74) is 2.59. The smallest absolute Gasteiger partial charge is 0.252 e. The van der Waals surface area contributed by atoms with E-state index >= 15 is 0 Å². The third-order valence-corrected chi connectivity index (χ3v) is 4.69. The maximum atomic E-state index is 12.8. The number of amides is 1. The van der Waals surface area contributed by atoms with Crippen molar-refractivity contribution in [2.75, 3.05) is 6.54 Å². The highest BCUT2D eigenvalue weighted by Crippen LogP contribution is 2.17. The molecule has 1 amide bonds. The van der Waals surface area contributed by atoms with E-state index in [2.05, 4.69) is 17.6 Å². The Morgan fingerprint density at radius 1 is 1.04 bits per heavy atom. The number of rotatable bonds is 4. The van der Waals surface area contributed by atoms with Gasteiger partial charge in [0.1, 0.15) is 0 Å². The molecule has 2 aromatic rings. The quantitative estimate of drug-likeness (QED) is 0.844. The van der Waals surface area contributed by atoms with E-state index in [9.17, 15) is 9.59 Å². The van der Waals surface area contributed by atoms with Gasteiger partial charge in [0.2, 0.25) is 0 Å². The van der Waals surface area contributed by atoms with E-state index in [0.29, 0.717) is 22.7 Å². The lowest BCUT2D eigenvalue weighted by atomic mass is 9.96. The number of hydrogen-bond acceptors (Lipinski definition) is 3. The average molecular weight is 336 g/mol. The largest absolute Gasteiger partial charge is 0.349 e. The van der Waals surface area contributed by atoms with Gasteiger partial charge in [-0.2, -0.15) is 0 Å². The molecule has 2 N–H and O–H groups in total. The minimum atomic E-state index is -0.171. The monoisotopic (exact) mass is 336 g/mol. The summed E-state index contributed by atoms with van der Waals surface area (Å²) in [4.78, 5) is 25.6. The summed E-state index contributed by atoms with van der Waals surface area (Å²) >= 11 is 0. The molecule has 0 bridgehead atoms. The van der Waals surface area contributed by atoms with Gasteiger partial charge < -0.3 is 10.6 Å². The van der Waals surface area contributed by atoms with Crippen molar-refractivity contribution in [2.24, 2.45) is 0 Å². The lowest BCUT2D eigenvalue weighted by Gasteiger charge is -2.28. The Morgan fingerprint density at radius 2 is 1.72 bits per heavy atom. The number of hydrogen-bond donors (Lipinski definition) is 2. The molecule has 2 aromatic carbocycles. The van der Waals surface area contributed by atoms with Crippen molar-refractivity contribution >= 4 is 11.7 Å². The van der Waals surface area contributed by atoms with E-state index in [1.165, 1.54) is 0 Å². The van der Waals surface area contributed by atoms with Gasteiger partial charge in [0, 0.05) is 23.2 Å². The molecule has 4 heteroatoms. The molecular weight excluding hydrogens is 312 g/mol. The fraction of sp³-hybridized carbons (Fsp3) is 0.333. The van der Waals surface area contributed by atoms with Crippen LogP contribution in [-0.4, -0.2) is 30.3 Å². The molecule has 0 aliphatic carbocycles. The fourth-order valence-electron chi connectivity index (χ4n) is 3.27. The molecule has 4 nitrogen and oxygen atoms in total. The molecule has 0 aromatic heterocycles. The van der Waals surface area contributed by atoms with Crippen LogP contribution in [0.15, 0.2) is 48.5 Å². The van der Waals surface area contributed by atoms with E-state index in [4.69, 9.17) is 0 Å². The third-order valence-electron chi connectivity index (χ3n) is 4.69. The Morgan fingerprint density at radius 3 is 2.40 bits per heavy atom. The molecule has 0 saturated carbocycles. The molecule has 2 unspecified atom stereocenters. The predicted molar refractivity (Wildman–Crippen MR) is 99.0 cm³/mol. The molecule has 1 fully saturated rings. The Balaban J connectivity index is 1.81. The van der Waals surface area contributed by atoms with Gasteiger partial charge in [-0.1, -0.05) is 48.0 Å². The van der Waals surface area contributed by atoms with Crippen LogP contribution in [0.2, 0.25) is 0 Å². The molecule has 1 aliphatic rings. The Labute approximate surface area is 148 Å². The van der Waals surface area contributed by atoms with Gasteiger partial charge in [-0.3, -0.25) is 9.59 Å². The molecule has 1 saturated heterocycles. The van der Waals surface area contributed by atoms with Crippen LogP contribution >= 0.6 is 0 Å². The molecule has 130 valence electrons. The van der Waals surface area contributed by atoms with E-state index in [0.717, 1.165) is 24.9 Å². The van der Waals surface area contributed by atoms with Gasteiger partial charge in [0.05, 0.1) is 5.56 Å². The number of benzene rings is 2. The number of carbonyl (C=O) groups is 2. The Bertz CT molecular complexity index is 768. The predicted octanol–water partition coefficient (Wildman–Crippen LogP) is 3.10. The molecule has 0 radical (unpaired) electrons. The van der Waals surface area contributed by atoms with Crippen LogP contribution in [0.4, 0.5) is 0 Å². The number of aryl methyl sites for hydroxylation is 1. The maximum absolute atomic E-state index is 12.8. The molecule has 2 atom stereocenters. The van der Waals surface area contributed by atoms with E-state index < -0.39 is 0 Å². The molecule has 0 spiro atoms. The van der Waals surface area contributed by atoms with Crippen molar-refractivity contribution in [2.45, 2.75) is 38.8 Å². The summed E-state index contributed by atoms with van der Waals surface area (Å²) in [7, 11) is 0. The number of piperidine rings is 1. The first-order chi connectivity index (χ1) is 12.0. The fourth-order valence-corrected chi connectivity index (χ4v) is 3.27. The number of nitrogens with one attached hydrogen (secondary N) is 2. The van der Waals surface area contributed by atoms with E-state index in [-0.39, 0.29) is 17.7 Å². The minimum absolute atomic E-state index is 0.121. The SMILES string of the molecule is Cc1ccc(C(=O)c2ccccc2C(=O)NC2CCNC(C)C2)cc1. The highest BCUT2D eigenvalue weighted by molar-refractivity contribution is 6.15. The third kappa shape index (κ3) is 4.15. The standard InChI is InChI=1S/C21H24N2O2/c1-14-7-9-16(10-8-14)20(24)18-5-3-4-6-19(18)21(25)23-17-11-12-22-15(2)13-17/h3-10,15,17,22H,11-13H2,1-2H3,(H,23,25). The summed E-state index contributed by atoms with van der Waals surface area (Å²) in [5.74, 6) is -0.292. The molecule has 1 aliphatic heterocycles. The van der Waals surface area contributed by atoms with Crippen LogP contribution in [0.5, 0.6) is 0 Å². The highest BCUT2D eigenvalue weighted by Gasteiger charge is 2.23. The maximum Gasteiger partial charge on any atom is 0.252 e. The summed E-state index contributed by atoms with van der Waals surface area (Å²) < 4.78 is 0. The molecule has 25 heavy (non-hydrogen) atoms. The molecule has 3 rings (SSSR count). The van der Waals surface area contributed by atoms with Crippen molar-refractivity contribution in [3.8, 4) is 0 Å². The zero-order chi connectivity index (χ0) is 17.8. The summed E-state index contributed by atoms with van der Waals surface area (Å²) in [6, 6.07) is 15.0. The Kier molecular flexibility index (Phi) is 5.29. The van der Waals surface area contributed by atoms with Crippen LogP contribution in [0.1, 0.15) is 51.6 Å². The lowest BCUT2D eigenvalue weighted by Crippen LogP contribution is -2.46. The Hall–Kier alpha value is -2.46. The first-order valence-electron chi connectivity index (χ1n) is 8.79. The summed E-state index contributed by atoms with van der Waals surface area (Å²) in [6.07, 6.45) is 1.81. The van der Waals surface area contributed by atoms with Gasteiger partial charge in [-0.25, -0.2) is 0 Å². The van der Waals surface area contributed by atoms with Crippen LogP contribution in [0, 0.1) is 6.92 Å². The number of carbonyl (C=O) groups excluding carboxylic acids is 2. The zero-order valence-corrected chi connectivity index (χ0v) is 14.7. The van der Waals surface area contributed by atoms with Crippen molar-refractivity contribution in [3.05, 3.63) is 70.8 Å². The second-order valence-corrected chi connectivity index (χ2v) is 6.79. The van der Waals surface area contributed by atoms with Crippen molar-refractivity contribution in [1.29, 1.82) is 0 Å². The van der Waals surface area contributed by atoms with Crippen molar-refractivity contribution < 1.29 is 9.59 Å². The first kappa shape index (κ1) is 17.4. The summed E-state index contributed by atoms with van der Waals surface area (Å²) in [5, 5.41) is 6.47. The van der Waals surface area contributed by atoms with Crippen LogP contribution in [0.25, 0.3) is 0 Å². The average Bonchev–Trinajstić information content (AvgIpc) is 2.62. The van der Waals surface area contributed by atoms with E-state index in [1.54, 1.807) is 36.4 Å². The van der Waals surface area contributed by atoms with Gasteiger partial charge >= 0.3 is 0 Å². The van der Waals surface area contributed by atoms with Crippen molar-refractivity contribution in [3.63, 3.8) is 0 Å². The highest BCUT2D eigenvalue weighted by atomic mass is 16.2. The topological polar surface area (TPSA) is 58.2 Å². The zero-order valence-electron chi connectivity index (χ0n) is 14.7. The van der Waals surface area contributed by atoms with Crippen molar-refractivity contribution in [1.82, 2.24) is 10.6 Å². The molecular formula is C21H24N2O2. The van der Waals surface area contributed by atoms with Gasteiger partial charge in [-0.15, -0.1) is 0 Å². The second-order valence-electron chi connectivity index (χ2n) is 6.79. The first-order valence-corrected chi connectivity index (χ1v) is 8.79. The lowest BCUT2D eigenvalue weighted by molar-refractivity contribution is 0.0916. The minimum Gasteiger partial charge on any atom is -0.349 e. The van der Waals surface area contributed by atoms with Gasteiger partial charge in [0.25, 0.3) is 5.91 Å². The van der Waals surface area contributed by atoms with E-state index in [1.807, 2.05) is 19.1 Å².